The summed E-state index contributed by atoms with van der Waals surface area (Å²) in [5.74, 6) is 0.778. The molecule has 0 fully saturated rings. The Balaban J connectivity index is 1.98. The summed E-state index contributed by atoms with van der Waals surface area (Å²) < 4.78 is 9.70. The molecule has 18 heavy (non-hydrogen) atoms. The molecule has 0 radical (unpaired) electrons. The average molecular weight is 265 g/mol. The number of rotatable bonds is 5. The first-order valence-corrected chi connectivity index (χ1v) is 6.20. The molecule has 0 amide bonds. The summed E-state index contributed by atoms with van der Waals surface area (Å²) in [6, 6.07) is 1.72. The number of carbonyl (C=O) groups excluding carboxylic acids is 1. The van der Waals surface area contributed by atoms with Crippen molar-refractivity contribution in [1.29, 1.82) is 0 Å². The molecule has 0 unspecified atom stereocenters. The van der Waals surface area contributed by atoms with E-state index in [-0.39, 0.29) is 5.97 Å². The number of nitrogens with zero attached hydrogens (tertiary/aromatic N) is 3. The zero-order chi connectivity index (χ0) is 12.8. The van der Waals surface area contributed by atoms with Gasteiger partial charge in [0.2, 0.25) is 5.89 Å². The molecule has 94 valence electrons. The Morgan fingerprint density at radius 1 is 1.44 bits per heavy atom. The molecule has 2 aromatic rings. The third-order valence-corrected chi connectivity index (χ3v) is 2.91. The summed E-state index contributed by atoms with van der Waals surface area (Å²) >= 11 is 1.38. The van der Waals surface area contributed by atoms with E-state index in [9.17, 15) is 4.79 Å². The highest BCUT2D eigenvalue weighted by Crippen LogP contribution is 2.19. The number of thioether (sulfide) groups is 1. The zero-order valence-corrected chi connectivity index (χ0v) is 10.5. The van der Waals surface area contributed by atoms with Crippen molar-refractivity contribution in [2.75, 3.05) is 12.9 Å². The van der Waals surface area contributed by atoms with Gasteiger partial charge < -0.3 is 9.15 Å². The Kier molecular flexibility index (Phi) is 4.30. The SMILES string of the molecule is COC(=O)CCSc1nccc(-c2ncco2)n1. The Labute approximate surface area is 108 Å². The van der Waals surface area contributed by atoms with E-state index in [2.05, 4.69) is 19.7 Å². The van der Waals surface area contributed by atoms with E-state index in [1.54, 1.807) is 18.5 Å². The molecule has 2 rings (SSSR count). The van der Waals surface area contributed by atoms with E-state index >= 15 is 0 Å². The molecule has 0 bridgehead atoms. The normalized spacial score (nSPS) is 10.3. The zero-order valence-electron chi connectivity index (χ0n) is 9.70. The molecule has 0 aliphatic rings. The smallest absolute Gasteiger partial charge is 0.306 e. The Morgan fingerprint density at radius 2 is 2.33 bits per heavy atom. The summed E-state index contributed by atoms with van der Waals surface area (Å²) in [5.41, 5.74) is 0.621. The van der Waals surface area contributed by atoms with Crippen LogP contribution >= 0.6 is 11.8 Å². The monoisotopic (exact) mass is 265 g/mol. The van der Waals surface area contributed by atoms with Crippen LogP contribution in [0.1, 0.15) is 6.42 Å². The highest BCUT2D eigenvalue weighted by Gasteiger charge is 2.07. The van der Waals surface area contributed by atoms with Crippen molar-refractivity contribution in [1.82, 2.24) is 15.0 Å². The van der Waals surface area contributed by atoms with Crippen molar-refractivity contribution >= 4 is 17.7 Å². The van der Waals surface area contributed by atoms with Gasteiger partial charge in [-0.05, 0) is 6.07 Å². The van der Waals surface area contributed by atoms with Crippen LogP contribution in [0.25, 0.3) is 11.6 Å². The molecule has 2 heterocycles. The molecule has 0 aliphatic heterocycles. The second kappa shape index (κ2) is 6.15. The summed E-state index contributed by atoms with van der Waals surface area (Å²) in [4.78, 5) is 23.3. The minimum absolute atomic E-state index is 0.244. The third kappa shape index (κ3) is 3.30. The highest BCUT2D eigenvalue weighted by atomic mass is 32.2. The number of ether oxygens (including phenoxy) is 1. The largest absolute Gasteiger partial charge is 0.469 e. The molecule has 2 aromatic heterocycles. The van der Waals surface area contributed by atoms with Gasteiger partial charge in [0.1, 0.15) is 12.0 Å². The quantitative estimate of drug-likeness (QED) is 0.463. The molecule has 0 aliphatic carbocycles. The number of esters is 1. The van der Waals surface area contributed by atoms with E-state index in [4.69, 9.17) is 4.42 Å². The maximum atomic E-state index is 11.0. The second-order valence-electron chi connectivity index (χ2n) is 3.24. The number of methoxy groups -OCH3 is 1. The first-order chi connectivity index (χ1) is 8.79. The molecule has 0 aromatic carbocycles. The van der Waals surface area contributed by atoms with Gasteiger partial charge >= 0.3 is 5.97 Å². The van der Waals surface area contributed by atoms with E-state index in [0.29, 0.717) is 28.9 Å². The minimum Gasteiger partial charge on any atom is -0.469 e. The van der Waals surface area contributed by atoms with Crippen molar-refractivity contribution in [2.45, 2.75) is 11.6 Å². The van der Waals surface area contributed by atoms with Gasteiger partial charge in [-0.2, -0.15) is 0 Å². The minimum atomic E-state index is -0.244. The highest BCUT2D eigenvalue weighted by molar-refractivity contribution is 7.99. The molecule has 0 atom stereocenters. The van der Waals surface area contributed by atoms with E-state index in [0.717, 1.165) is 0 Å². The van der Waals surface area contributed by atoms with Gasteiger partial charge in [0, 0.05) is 11.9 Å². The van der Waals surface area contributed by atoms with Crippen LogP contribution in [0.3, 0.4) is 0 Å². The van der Waals surface area contributed by atoms with Crippen LogP contribution in [0.2, 0.25) is 0 Å². The molecular formula is C11H11N3O3S. The van der Waals surface area contributed by atoms with Gasteiger partial charge in [0.25, 0.3) is 0 Å². The molecule has 0 saturated carbocycles. The molecule has 6 nitrogen and oxygen atoms in total. The Bertz CT molecular complexity index is 516. The van der Waals surface area contributed by atoms with Crippen molar-refractivity contribution in [3.8, 4) is 11.6 Å². The predicted octanol–water partition coefficient (Wildman–Crippen LogP) is 1.79. The van der Waals surface area contributed by atoms with E-state index < -0.39 is 0 Å². The van der Waals surface area contributed by atoms with Crippen molar-refractivity contribution in [2.24, 2.45) is 0 Å². The molecule has 0 saturated heterocycles. The van der Waals surface area contributed by atoms with Crippen LogP contribution in [-0.2, 0) is 9.53 Å². The van der Waals surface area contributed by atoms with Crippen molar-refractivity contribution in [3.05, 3.63) is 24.7 Å². The first kappa shape index (κ1) is 12.6. The van der Waals surface area contributed by atoms with Gasteiger partial charge in [0.05, 0.1) is 19.7 Å². The number of aromatic nitrogens is 3. The number of hydrogen-bond donors (Lipinski definition) is 0. The fourth-order valence-corrected chi connectivity index (χ4v) is 1.96. The summed E-state index contributed by atoms with van der Waals surface area (Å²) in [7, 11) is 1.37. The second-order valence-corrected chi connectivity index (χ2v) is 4.30. The van der Waals surface area contributed by atoms with Crippen LogP contribution in [0.4, 0.5) is 0 Å². The number of hydrogen-bond acceptors (Lipinski definition) is 7. The van der Waals surface area contributed by atoms with Gasteiger partial charge in [-0.1, -0.05) is 11.8 Å². The lowest BCUT2D eigenvalue weighted by Crippen LogP contribution is -2.01. The van der Waals surface area contributed by atoms with E-state index in [1.165, 1.54) is 25.1 Å². The van der Waals surface area contributed by atoms with Crippen LogP contribution in [0.5, 0.6) is 0 Å². The lowest BCUT2D eigenvalue weighted by molar-refractivity contribution is -0.140. The Morgan fingerprint density at radius 3 is 3.06 bits per heavy atom. The van der Waals surface area contributed by atoms with Crippen molar-refractivity contribution in [3.63, 3.8) is 0 Å². The maximum Gasteiger partial charge on any atom is 0.306 e. The van der Waals surface area contributed by atoms with Gasteiger partial charge in [0.15, 0.2) is 5.16 Å². The fraction of sp³-hybridized carbons (Fsp3) is 0.273. The number of carbonyl (C=O) groups is 1. The lowest BCUT2D eigenvalue weighted by Gasteiger charge is -2.00. The van der Waals surface area contributed by atoms with Gasteiger partial charge in [-0.3, -0.25) is 4.79 Å². The predicted molar refractivity (Wildman–Crippen MR) is 64.9 cm³/mol. The first-order valence-electron chi connectivity index (χ1n) is 5.22. The topological polar surface area (TPSA) is 78.1 Å². The van der Waals surface area contributed by atoms with Gasteiger partial charge in [-0.25, -0.2) is 15.0 Å². The molecule has 0 N–H and O–H groups in total. The number of oxazole rings is 1. The molecule has 0 spiro atoms. The summed E-state index contributed by atoms with van der Waals surface area (Å²) in [5, 5.41) is 0.578. The summed E-state index contributed by atoms with van der Waals surface area (Å²) in [6.45, 7) is 0. The van der Waals surface area contributed by atoms with Crippen LogP contribution in [0, 0.1) is 0 Å². The molecular weight excluding hydrogens is 254 g/mol. The van der Waals surface area contributed by atoms with Crippen LogP contribution in [0.15, 0.2) is 34.3 Å². The van der Waals surface area contributed by atoms with Crippen LogP contribution in [-0.4, -0.2) is 33.8 Å². The van der Waals surface area contributed by atoms with Crippen molar-refractivity contribution < 1.29 is 13.9 Å². The van der Waals surface area contributed by atoms with Crippen LogP contribution < -0.4 is 0 Å². The molecule has 7 heteroatoms. The fourth-order valence-electron chi connectivity index (χ4n) is 1.21. The standard InChI is InChI=1S/C11H11N3O3S/c1-16-9(15)3-7-18-11-13-4-2-8(14-11)10-12-5-6-17-10/h2,4-6H,3,7H2,1H3. The Hall–Kier alpha value is -1.89. The lowest BCUT2D eigenvalue weighted by atomic mass is 10.4. The maximum absolute atomic E-state index is 11.0. The van der Waals surface area contributed by atoms with E-state index in [1.807, 2.05) is 0 Å². The average Bonchev–Trinajstić information content (AvgIpc) is 2.93. The van der Waals surface area contributed by atoms with Gasteiger partial charge in [-0.15, -0.1) is 0 Å². The summed E-state index contributed by atoms with van der Waals surface area (Å²) in [6.07, 6.45) is 5.00. The third-order valence-electron chi connectivity index (χ3n) is 2.05.